The fourth-order valence-corrected chi connectivity index (χ4v) is 5.30. The van der Waals surface area contributed by atoms with E-state index >= 15 is 0 Å². The summed E-state index contributed by atoms with van der Waals surface area (Å²) in [5, 5.41) is 8.28. The monoisotopic (exact) mass is 401 g/mol. The van der Waals surface area contributed by atoms with Crippen molar-refractivity contribution >= 4 is 33.1 Å². The third-order valence-corrected chi connectivity index (χ3v) is 6.82. The first-order chi connectivity index (χ1) is 13.3. The van der Waals surface area contributed by atoms with Gasteiger partial charge in [-0.1, -0.05) is 20.8 Å². The van der Waals surface area contributed by atoms with Gasteiger partial charge in [0.2, 0.25) is 5.82 Å². The lowest BCUT2D eigenvalue weighted by molar-refractivity contribution is 0.0927. The minimum absolute atomic E-state index is 0.178. The summed E-state index contributed by atoms with van der Waals surface area (Å²) in [6.45, 7) is 9.76. The molecule has 0 aromatic carbocycles. The average Bonchev–Trinajstić information content (AvgIpc) is 3.21. The predicted octanol–water partition coefficient (Wildman–Crippen LogP) is 3.17. The third kappa shape index (κ3) is 3.28. The van der Waals surface area contributed by atoms with Crippen molar-refractivity contribution in [2.75, 3.05) is 20.3 Å². The van der Waals surface area contributed by atoms with Crippen molar-refractivity contribution in [3.05, 3.63) is 22.1 Å². The Morgan fingerprint density at radius 1 is 1.36 bits per heavy atom. The number of thiophene rings is 1. The molecule has 0 radical (unpaired) electrons. The van der Waals surface area contributed by atoms with Gasteiger partial charge >= 0.3 is 0 Å². The number of carbonyl (C=O) groups excluding carboxylic acids is 1. The summed E-state index contributed by atoms with van der Waals surface area (Å²) >= 11 is 1.77. The van der Waals surface area contributed by atoms with Gasteiger partial charge in [-0.25, -0.2) is 9.97 Å². The Balaban J connectivity index is 1.77. The summed E-state index contributed by atoms with van der Waals surface area (Å²) in [7, 11) is 1.60. The molecule has 1 unspecified atom stereocenters. The van der Waals surface area contributed by atoms with Crippen LogP contribution in [0, 0.1) is 18.3 Å². The molecule has 1 atom stereocenters. The first kappa shape index (κ1) is 19.3. The number of hydrogen-bond donors (Lipinski definition) is 1. The molecule has 3 aromatic rings. The highest BCUT2D eigenvalue weighted by atomic mass is 32.1. The van der Waals surface area contributed by atoms with Gasteiger partial charge < -0.3 is 10.1 Å². The highest BCUT2D eigenvalue weighted by Crippen LogP contribution is 2.43. The molecular formula is C20H27N5O2S. The van der Waals surface area contributed by atoms with Gasteiger partial charge in [-0.3, -0.25) is 4.79 Å². The molecule has 8 heteroatoms. The van der Waals surface area contributed by atoms with E-state index in [1.807, 2.05) is 6.92 Å². The van der Waals surface area contributed by atoms with E-state index in [1.165, 1.54) is 16.9 Å². The number of rotatable bonds is 4. The number of amides is 1. The summed E-state index contributed by atoms with van der Waals surface area (Å²) in [5.74, 6) is 1.31. The molecule has 0 spiro atoms. The van der Waals surface area contributed by atoms with E-state index in [0.717, 1.165) is 34.5 Å². The zero-order chi connectivity index (χ0) is 20.1. The van der Waals surface area contributed by atoms with E-state index in [1.54, 1.807) is 23.0 Å². The molecule has 1 aliphatic rings. The van der Waals surface area contributed by atoms with Gasteiger partial charge in [-0.15, -0.1) is 16.4 Å². The molecule has 3 aromatic heterocycles. The maximum Gasteiger partial charge on any atom is 0.291 e. The third-order valence-electron chi connectivity index (χ3n) is 5.67. The van der Waals surface area contributed by atoms with Crippen LogP contribution in [0.15, 0.2) is 0 Å². The van der Waals surface area contributed by atoms with E-state index in [-0.39, 0.29) is 11.7 Å². The fraction of sp³-hybridized carbons (Fsp3) is 0.600. The van der Waals surface area contributed by atoms with Crippen LogP contribution in [-0.4, -0.2) is 45.8 Å². The number of nitrogens with one attached hydrogen (secondary N) is 1. The number of ether oxygens (including phenoxy) is 1. The Bertz CT molecular complexity index is 1050. The van der Waals surface area contributed by atoms with Crippen molar-refractivity contribution < 1.29 is 9.53 Å². The standard InChI is InChI=1S/C20H27N5O2S/c1-11-22-19-15(13-7-6-12(20(2,3)4)10-14(13)28-19)17-23-16(24-25(11)17)18(26)21-8-9-27-5/h12H,6-10H2,1-5H3,(H,21,26). The van der Waals surface area contributed by atoms with Crippen LogP contribution in [0.25, 0.3) is 15.9 Å². The Labute approximate surface area is 168 Å². The molecule has 4 rings (SSSR count). The fourth-order valence-electron chi connectivity index (χ4n) is 3.96. The zero-order valence-corrected chi connectivity index (χ0v) is 17.9. The molecule has 1 aliphatic carbocycles. The normalized spacial score (nSPS) is 17.2. The average molecular weight is 402 g/mol. The largest absolute Gasteiger partial charge is 0.383 e. The van der Waals surface area contributed by atoms with Gasteiger partial charge in [0.05, 0.1) is 12.0 Å². The van der Waals surface area contributed by atoms with Crippen LogP contribution in [0.2, 0.25) is 0 Å². The van der Waals surface area contributed by atoms with Gasteiger partial charge in [0.1, 0.15) is 10.7 Å². The van der Waals surface area contributed by atoms with Crippen LogP contribution in [0.1, 0.15) is 54.1 Å². The maximum atomic E-state index is 12.4. The number of carbonyl (C=O) groups is 1. The van der Waals surface area contributed by atoms with E-state index in [2.05, 4.69) is 36.2 Å². The number of hydrogen-bond acceptors (Lipinski definition) is 6. The molecule has 0 bridgehead atoms. The van der Waals surface area contributed by atoms with Crippen molar-refractivity contribution in [1.29, 1.82) is 0 Å². The van der Waals surface area contributed by atoms with E-state index < -0.39 is 0 Å². The molecule has 150 valence electrons. The summed E-state index contributed by atoms with van der Waals surface area (Å²) < 4.78 is 6.68. The highest BCUT2D eigenvalue weighted by Gasteiger charge is 2.32. The summed E-state index contributed by atoms with van der Waals surface area (Å²) in [4.78, 5) is 24.2. The smallest absolute Gasteiger partial charge is 0.291 e. The highest BCUT2D eigenvalue weighted by molar-refractivity contribution is 7.19. The lowest BCUT2D eigenvalue weighted by atomic mass is 9.72. The van der Waals surface area contributed by atoms with Crippen molar-refractivity contribution in [2.24, 2.45) is 11.3 Å². The number of aromatic nitrogens is 4. The second-order valence-electron chi connectivity index (χ2n) is 8.57. The lowest BCUT2D eigenvalue weighted by Crippen LogP contribution is -2.27. The molecule has 0 saturated carbocycles. The van der Waals surface area contributed by atoms with Crippen LogP contribution in [-0.2, 0) is 17.6 Å². The van der Waals surface area contributed by atoms with Gasteiger partial charge in [0, 0.05) is 18.5 Å². The molecule has 0 saturated heterocycles. The molecule has 3 heterocycles. The van der Waals surface area contributed by atoms with Crippen LogP contribution in [0.5, 0.6) is 0 Å². The minimum atomic E-state index is -0.287. The number of nitrogens with zero attached hydrogens (tertiary/aromatic N) is 4. The SMILES string of the molecule is COCCNC(=O)c1nc2c3c4c(sc3nc(C)n2n1)CC(C(C)(C)C)CC4. The Hall–Kier alpha value is -2.06. The van der Waals surface area contributed by atoms with E-state index in [0.29, 0.717) is 24.5 Å². The molecule has 1 N–H and O–H groups in total. The Morgan fingerprint density at radius 3 is 2.86 bits per heavy atom. The van der Waals surface area contributed by atoms with Gasteiger partial charge in [-0.2, -0.15) is 4.52 Å². The molecular weight excluding hydrogens is 374 g/mol. The molecule has 28 heavy (non-hydrogen) atoms. The maximum absolute atomic E-state index is 12.4. The van der Waals surface area contributed by atoms with Crippen molar-refractivity contribution in [3.8, 4) is 0 Å². The second-order valence-corrected chi connectivity index (χ2v) is 9.65. The van der Waals surface area contributed by atoms with Crippen molar-refractivity contribution in [2.45, 2.75) is 47.0 Å². The summed E-state index contributed by atoms with van der Waals surface area (Å²) in [6.07, 6.45) is 3.28. The topological polar surface area (TPSA) is 81.4 Å². The van der Waals surface area contributed by atoms with Crippen LogP contribution < -0.4 is 5.32 Å². The molecule has 0 fully saturated rings. The zero-order valence-electron chi connectivity index (χ0n) is 17.1. The van der Waals surface area contributed by atoms with Gasteiger partial charge in [0.15, 0.2) is 5.65 Å². The van der Waals surface area contributed by atoms with Crippen molar-refractivity contribution in [1.82, 2.24) is 24.9 Å². The van der Waals surface area contributed by atoms with Crippen molar-refractivity contribution in [3.63, 3.8) is 0 Å². The molecule has 1 amide bonds. The van der Waals surface area contributed by atoms with Crippen LogP contribution in [0.3, 0.4) is 0 Å². The minimum Gasteiger partial charge on any atom is -0.383 e. The lowest BCUT2D eigenvalue weighted by Gasteiger charge is -2.33. The van der Waals surface area contributed by atoms with Gasteiger partial charge in [0.25, 0.3) is 5.91 Å². The Kier molecular flexibility index (Phi) is 4.87. The predicted molar refractivity (Wildman–Crippen MR) is 110 cm³/mol. The summed E-state index contributed by atoms with van der Waals surface area (Å²) in [5.41, 5.74) is 2.39. The van der Waals surface area contributed by atoms with Crippen LogP contribution in [0.4, 0.5) is 0 Å². The Morgan fingerprint density at radius 2 is 2.14 bits per heavy atom. The second kappa shape index (κ2) is 7.08. The van der Waals surface area contributed by atoms with Gasteiger partial charge in [-0.05, 0) is 43.1 Å². The molecule has 0 aliphatic heterocycles. The summed E-state index contributed by atoms with van der Waals surface area (Å²) in [6, 6.07) is 0. The quantitative estimate of drug-likeness (QED) is 0.679. The number of methoxy groups -OCH3 is 1. The molecule has 7 nitrogen and oxygen atoms in total. The number of aryl methyl sites for hydroxylation is 2. The van der Waals surface area contributed by atoms with Crippen LogP contribution >= 0.6 is 11.3 Å². The van der Waals surface area contributed by atoms with E-state index in [9.17, 15) is 4.79 Å². The number of fused-ring (bicyclic) bond motifs is 5. The van der Waals surface area contributed by atoms with E-state index in [4.69, 9.17) is 9.72 Å². The first-order valence-corrected chi connectivity index (χ1v) is 10.6. The first-order valence-electron chi connectivity index (χ1n) is 9.74.